The van der Waals surface area contributed by atoms with Gasteiger partial charge in [-0.15, -0.1) is 11.3 Å². The number of hydrogen-bond donors (Lipinski definition) is 1. The van der Waals surface area contributed by atoms with Crippen molar-refractivity contribution in [3.8, 4) is 0 Å². The van der Waals surface area contributed by atoms with Crippen molar-refractivity contribution in [2.24, 2.45) is 5.73 Å². The van der Waals surface area contributed by atoms with Gasteiger partial charge in [0.2, 0.25) is 0 Å². The van der Waals surface area contributed by atoms with Gasteiger partial charge in [0.05, 0.1) is 5.01 Å². The number of nitrogens with zero attached hydrogens (tertiary/aromatic N) is 1. The molecule has 1 aromatic heterocycles. The van der Waals surface area contributed by atoms with Gasteiger partial charge in [0.25, 0.3) is 0 Å². The second kappa shape index (κ2) is 5.57. The fourth-order valence-electron chi connectivity index (χ4n) is 1.62. The van der Waals surface area contributed by atoms with Crippen molar-refractivity contribution in [1.82, 2.24) is 4.98 Å². The van der Waals surface area contributed by atoms with Crippen LogP contribution in [-0.4, -0.2) is 11.0 Å². The predicted octanol–water partition coefficient (Wildman–Crippen LogP) is 3.02. The van der Waals surface area contributed by atoms with E-state index in [-0.39, 0.29) is 6.04 Å². The lowest BCUT2D eigenvalue weighted by Gasteiger charge is -2.09. The van der Waals surface area contributed by atoms with Crippen molar-refractivity contribution >= 4 is 27.3 Å². The third kappa shape index (κ3) is 3.40. The van der Waals surface area contributed by atoms with E-state index < -0.39 is 0 Å². The van der Waals surface area contributed by atoms with Crippen molar-refractivity contribution in [2.75, 3.05) is 0 Å². The highest BCUT2D eigenvalue weighted by molar-refractivity contribution is 9.10. The number of nitrogens with two attached hydrogens (primary N) is 1. The van der Waals surface area contributed by atoms with E-state index in [4.69, 9.17) is 5.73 Å². The molecule has 2 aromatic rings. The molecule has 0 fully saturated rings. The van der Waals surface area contributed by atoms with Crippen LogP contribution >= 0.6 is 27.3 Å². The maximum Gasteiger partial charge on any atom is 0.0940 e. The van der Waals surface area contributed by atoms with E-state index >= 15 is 0 Å². The zero-order valence-corrected chi connectivity index (χ0v) is 11.2. The maximum atomic E-state index is 6.10. The lowest BCUT2D eigenvalue weighted by molar-refractivity contribution is 0.662. The molecule has 0 aliphatic rings. The summed E-state index contributed by atoms with van der Waals surface area (Å²) in [6.45, 7) is 0. The summed E-state index contributed by atoms with van der Waals surface area (Å²) in [6.07, 6.45) is 3.56. The van der Waals surface area contributed by atoms with E-state index in [0.29, 0.717) is 0 Å². The Morgan fingerprint density at radius 3 is 2.94 bits per heavy atom. The van der Waals surface area contributed by atoms with E-state index in [2.05, 4.69) is 33.0 Å². The summed E-state index contributed by atoms with van der Waals surface area (Å²) in [5, 5.41) is 3.10. The Labute approximate surface area is 108 Å². The van der Waals surface area contributed by atoms with Crippen LogP contribution in [0.15, 0.2) is 40.3 Å². The van der Waals surface area contributed by atoms with E-state index in [9.17, 15) is 0 Å². The zero-order valence-electron chi connectivity index (χ0n) is 8.77. The molecule has 1 unspecified atom stereocenters. The van der Waals surface area contributed by atoms with Crippen molar-refractivity contribution in [2.45, 2.75) is 18.9 Å². The number of thiazole rings is 1. The highest BCUT2D eigenvalue weighted by Gasteiger charge is 2.07. The molecule has 0 saturated heterocycles. The molecular formula is C12H13BrN2S. The summed E-state index contributed by atoms with van der Waals surface area (Å²) in [5.74, 6) is 0. The second-order valence-electron chi connectivity index (χ2n) is 3.72. The molecule has 0 amide bonds. The molecule has 0 aliphatic carbocycles. The van der Waals surface area contributed by atoms with Crippen LogP contribution in [0, 0.1) is 0 Å². The minimum absolute atomic E-state index is 0.139. The van der Waals surface area contributed by atoms with E-state index in [1.165, 1.54) is 5.56 Å². The quantitative estimate of drug-likeness (QED) is 0.942. The monoisotopic (exact) mass is 296 g/mol. The zero-order chi connectivity index (χ0) is 11.4. The van der Waals surface area contributed by atoms with Crippen LogP contribution in [0.3, 0.4) is 0 Å². The number of aromatic nitrogens is 1. The number of rotatable bonds is 4. The number of hydrogen-bond acceptors (Lipinski definition) is 3. The number of benzene rings is 1. The SMILES string of the molecule is NC(Cc1cccc(Br)c1)Cc1nccs1. The van der Waals surface area contributed by atoms with Gasteiger partial charge < -0.3 is 5.73 Å². The summed E-state index contributed by atoms with van der Waals surface area (Å²) in [4.78, 5) is 4.24. The first-order valence-electron chi connectivity index (χ1n) is 5.12. The van der Waals surface area contributed by atoms with Crippen LogP contribution in [0.5, 0.6) is 0 Å². The molecule has 4 heteroatoms. The van der Waals surface area contributed by atoms with Gasteiger partial charge in [0, 0.05) is 28.5 Å². The Morgan fingerprint density at radius 1 is 1.38 bits per heavy atom. The van der Waals surface area contributed by atoms with Crippen molar-refractivity contribution in [3.05, 3.63) is 50.9 Å². The van der Waals surface area contributed by atoms with Crippen LogP contribution in [0.2, 0.25) is 0 Å². The molecule has 2 rings (SSSR count). The molecule has 2 N–H and O–H groups in total. The molecule has 1 atom stereocenters. The fourth-order valence-corrected chi connectivity index (χ4v) is 2.77. The Balaban J connectivity index is 1.94. The number of halogens is 1. The van der Waals surface area contributed by atoms with E-state index in [0.717, 1.165) is 22.3 Å². The first-order chi connectivity index (χ1) is 7.74. The average Bonchev–Trinajstić information content (AvgIpc) is 2.70. The Bertz CT molecular complexity index is 442. The van der Waals surface area contributed by atoms with E-state index in [1.54, 1.807) is 11.3 Å². The van der Waals surface area contributed by atoms with Crippen molar-refractivity contribution < 1.29 is 0 Å². The van der Waals surface area contributed by atoms with Crippen molar-refractivity contribution in [3.63, 3.8) is 0 Å². The van der Waals surface area contributed by atoms with Crippen LogP contribution in [-0.2, 0) is 12.8 Å². The van der Waals surface area contributed by atoms with Gasteiger partial charge in [-0.3, -0.25) is 0 Å². The van der Waals surface area contributed by atoms with Crippen molar-refractivity contribution in [1.29, 1.82) is 0 Å². The lowest BCUT2D eigenvalue weighted by atomic mass is 10.0. The molecule has 0 saturated carbocycles. The predicted molar refractivity (Wildman–Crippen MR) is 71.6 cm³/mol. The molecule has 2 nitrogen and oxygen atoms in total. The first-order valence-corrected chi connectivity index (χ1v) is 6.79. The molecule has 0 spiro atoms. The largest absolute Gasteiger partial charge is 0.327 e. The molecule has 0 radical (unpaired) electrons. The minimum atomic E-state index is 0.139. The average molecular weight is 297 g/mol. The molecule has 16 heavy (non-hydrogen) atoms. The Hall–Kier alpha value is -0.710. The summed E-state index contributed by atoms with van der Waals surface area (Å²) in [7, 11) is 0. The summed E-state index contributed by atoms with van der Waals surface area (Å²) < 4.78 is 1.10. The minimum Gasteiger partial charge on any atom is -0.327 e. The van der Waals surface area contributed by atoms with Crippen LogP contribution in [0.25, 0.3) is 0 Å². The Kier molecular flexibility index (Phi) is 4.09. The molecule has 1 heterocycles. The fraction of sp³-hybridized carbons (Fsp3) is 0.250. The normalized spacial score (nSPS) is 12.6. The highest BCUT2D eigenvalue weighted by atomic mass is 79.9. The Morgan fingerprint density at radius 2 is 2.25 bits per heavy atom. The van der Waals surface area contributed by atoms with Gasteiger partial charge in [-0.2, -0.15) is 0 Å². The third-order valence-electron chi connectivity index (χ3n) is 2.31. The van der Waals surface area contributed by atoms with Gasteiger partial charge in [0.15, 0.2) is 0 Å². The smallest absolute Gasteiger partial charge is 0.0940 e. The molecule has 84 valence electrons. The molecule has 0 bridgehead atoms. The topological polar surface area (TPSA) is 38.9 Å². The highest BCUT2D eigenvalue weighted by Crippen LogP contribution is 2.14. The summed E-state index contributed by atoms with van der Waals surface area (Å²) in [5.41, 5.74) is 7.36. The van der Waals surface area contributed by atoms with Crippen LogP contribution in [0.4, 0.5) is 0 Å². The lowest BCUT2D eigenvalue weighted by Crippen LogP contribution is -2.25. The van der Waals surface area contributed by atoms with Gasteiger partial charge in [-0.1, -0.05) is 28.1 Å². The standard InChI is InChI=1S/C12H13BrN2S/c13-10-3-1-2-9(6-10)7-11(14)8-12-15-4-5-16-12/h1-6,11H,7-8,14H2. The van der Waals surface area contributed by atoms with Gasteiger partial charge in [-0.25, -0.2) is 4.98 Å². The first kappa shape index (κ1) is 11.8. The van der Waals surface area contributed by atoms with Crippen LogP contribution in [0.1, 0.15) is 10.6 Å². The van der Waals surface area contributed by atoms with Crippen LogP contribution < -0.4 is 5.73 Å². The van der Waals surface area contributed by atoms with Gasteiger partial charge >= 0.3 is 0 Å². The molecular weight excluding hydrogens is 284 g/mol. The van der Waals surface area contributed by atoms with E-state index in [1.807, 2.05) is 23.7 Å². The van der Waals surface area contributed by atoms with Gasteiger partial charge in [0.1, 0.15) is 0 Å². The third-order valence-corrected chi connectivity index (χ3v) is 3.60. The molecule has 0 aliphatic heterocycles. The van der Waals surface area contributed by atoms with Gasteiger partial charge in [-0.05, 0) is 24.1 Å². The molecule has 1 aromatic carbocycles. The summed E-state index contributed by atoms with van der Waals surface area (Å²) in [6, 6.07) is 8.42. The maximum absolute atomic E-state index is 6.10. The summed E-state index contributed by atoms with van der Waals surface area (Å²) >= 11 is 5.13. The second-order valence-corrected chi connectivity index (χ2v) is 5.62.